The molecule has 0 N–H and O–H groups in total. The normalized spacial score (nSPS) is 13.5. The number of tetrazole rings is 1. The highest BCUT2D eigenvalue weighted by atomic mass is 16.3. The number of amides is 2. The molecule has 1 aromatic carbocycles. The summed E-state index contributed by atoms with van der Waals surface area (Å²) >= 11 is 0. The van der Waals surface area contributed by atoms with Crippen molar-refractivity contribution < 1.29 is 14.0 Å². The molecule has 0 radical (unpaired) electrons. The molecule has 25 heavy (non-hydrogen) atoms. The van der Waals surface area contributed by atoms with Gasteiger partial charge in [-0.05, 0) is 42.3 Å². The summed E-state index contributed by atoms with van der Waals surface area (Å²) in [6, 6.07) is 10.4. The van der Waals surface area contributed by atoms with Crippen molar-refractivity contribution in [2.24, 2.45) is 0 Å². The first-order valence-corrected chi connectivity index (χ1v) is 8.01. The number of nitrogens with zero attached hydrogens (tertiary/aromatic N) is 5. The number of hydrogen-bond donors (Lipinski definition) is 0. The third-order valence-corrected chi connectivity index (χ3v) is 4.06. The summed E-state index contributed by atoms with van der Waals surface area (Å²) in [5, 5.41) is 12.1. The quantitative estimate of drug-likeness (QED) is 0.504. The van der Waals surface area contributed by atoms with Gasteiger partial charge >= 0.3 is 0 Å². The highest BCUT2D eigenvalue weighted by molar-refractivity contribution is 6.21. The van der Waals surface area contributed by atoms with Crippen molar-refractivity contribution in [3.8, 4) is 11.6 Å². The minimum absolute atomic E-state index is 0.223. The molecule has 4 rings (SSSR count). The average molecular weight is 337 g/mol. The molecule has 0 atom stereocenters. The lowest BCUT2D eigenvalue weighted by atomic mass is 10.1. The van der Waals surface area contributed by atoms with Crippen LogP contribution in [0.3, 0.4) is 0 Å². The molecule has 0 bridgehead atoms. The molecule has 0 unspecified atom stereocenters. The Hall–Kier alpha value is -3.29. The van der Waals surface area contributed by atoms with Crippen molar-refractivity contribution in [3.63, 3.8) is 0 Å². The molecule has 2 aromatic heterocycles. The van der Waals surface area contributed by atoms with Crippen LogP contribution >= 0.6 is 0 Å². The molecule has 1 aliphatic heterocycles. The smallest absolute Gasteiger partial charge is 0.261 e. The van der Waals surface area contributed by atoms with E-state index in [0.29, 0.717) is 42.2 Å². The van der Waals surface area contributed by atoms with Crippen LogP contribution in [0.2, 0.25) is 0 Å². The van der Waals surface area contributed by atoms with Crippen molar-refractivity contribution in [2.45, 2.75) is 19.4 Å². The molecule has 0 fully saturated rings. The van der Waals surface area contributed by atoms with E-state index in [2.05, 4.69) is 15.4 Å². The minimum atomic E-state index is -0.223. The minimum Gasteiger partial charge on any atom is -0.461 e. The number of hydrogen-bond acceptors (Lipinski definition) is 6. The molecule has 3 heterocycles. The number of rotatable bonds is 6. The highest BCUT2D eigenvalue weighted by Crippen LogP contribution is 2.22. The largest absolute Gasteiger partial charge is 0.461 e. The van der Waals surface area contributed by atoms with E-state index in [-0.39, 0.29) is 11.8 Å². The van der Waals surface area contributed by atoms with E-state index in [0.717, 1.165) is 6.42 Å². The Labute approximate surface area is 143 Å². The third kappa shape index (κ3) is 2.82. The van der Waals surface area contributed by atoms with Crippen LogP contribution in [0, 0.1) is 0 Å². The predicted molar refractivity (Wildman–Crippen MR) is 86.6 cm³/mol. The maximum absolute atomic E-state index is 12.3. The van der Waals surface area contributed by atoms with Gasteiger partial charge in [-0.25, -0.2) is 0 Å². The first-order chi connectivity index (χ1) is 12.2. The first-order valence-electron chi connectivity index (χ1n) is 8.01. The molecule has 8 heteroatoms. The topological polar surface area (TPSA) is 94.1 Å². The van der Waals surface area contributed by atoms with Gasteiger partial charge in [0.15, 0.2) is 5.76 Å². The van der Waals surface area contributed by atoms with Gasteiger partial charge in [0.2, 0.25) is 5.82 Å². The molecule has 0 aliphatic carbocycles. The highest BCUT2D eigenvalue weighted by Gasteiger charge is 2.34. The van der Waals surface area contributed by atoms with Gasteiger partial charge in [0.25, 0.3) is 11.8 Å². The van der Waals surface area contributed by atoms with E-state index in [4.69, 9.17) is 4.42 Å². The summed E-state index contributed by atoms with van der Waals surface area (Å²) in [7, 11) is 0. The van der Waals surface area contributed by atoms with Gasteiger partial charge in [-0.15, -0.1) is 10.2 Å². The van der Waals surface area contributed by atoms with Crippen LogP contribution in [-0.2, 0) is 6.54 Å². The number of imide groups is 1. The molecule has 8 nitrogen and oxygen atoms in total. The van der Waals surface area contributed by atoms with Crippen molar-refractivity contribution in [3.05, 3.63) is 53.8 Å². The first kappa shape index (κ1) is 15.3. The van der Waals surface area contributed by atoms with Crippen molar-refractivity contribution in [1.82, 2.24) is 25.1 Å². The second-order valence-electron chi connectivity index (χ2n) is 5.70. The zero-order valence-electron chi connectivity index (χ0n) is 13.3. The lowest BCUT2D eigenvalue weighted by Crippen LogP contribution is -2.30. The van der Waals surface area contributed by atoms with E-state index in [1.807, 2.05) is 0 Å². The van der Waals surface area contributed by atoms with E-state index < -0.39 is 0 Å². The molecule has 1 aliphatic rings. The zero-order chi connectivity index (χ0) is 17.2. The second-order valence-corrected chi connectivity index (χ2v) is 5.70. The van der Waals surface area contributed by atoms with E-state index in [9.17, 15) is 9.59 Å². The number of unbranched alkanes of at least 4 members (excludes halogenated alkanes) is 1. The Morgan fingerprint density at radius 2 is 1.64 bits per heavy atom. The Balaban J connectivity index is 1.31. The molecule has 0 saturated heterocycles. The monoisotopic (exact) mass is 337 g/mol. The zero-order valence-corrected chi connectivity index (χ0v) is 13.3. The van der Waals surface area contributed by atoms with Crippen molar-refractivity contribution >= 4 is 11.8 Å². The summed E-state index contributed by atoms with van der Waals surface area (Å²) < 4.78 is 5.22. The van der Waals surface area contributed by atoms with Gasteiger partial charge in [0, 0.05) is 6.54 Å². The van der Waals surface area contributed by atoms with E-state index in [1.165, 1.54) is 9.70 Å². The Morgan fingerprint density at radius 3 is 2.32 bits per heavy atom. The van der Waals surface area contributed by atoms with Crippen LogP contribution in [-0.4, -0.2) is 43.5 Å². The van der Waals surface area contributed by atoms with Gasteiger partial charge in [0.05, 0.1) is 23.9 Å². The average Bonchev–Trinajstić information content (AvgIpc) is 3.35. The van der Waals surface area contributed by atoms with Crippen molar-refractivity contribution in [1.29, 1.82) is 0 Å². The molecular weight excluding hydrogens is 322 g/mol. The summed E-state index contributed by atoms with van der Waals surface area (Å²) in [5.41, 5.74) is 0.960. The summed E-state index contributed by atoms with van der Waals surface area (Å²) in [6.45, 7) is 0.933. The van der Waals surface area contributed by atoms with Crippen LogP contribution < -0.4 is 0 Å². The fourth-order valence-corrected chi connectivity index (χ4v) is 2.81. The molecule has 2 amide bonds. The summed E-state index contributed by atoms with van der Waals surface area (Å²) in [4.78, 5) is 27.3. The molecule has 0 spiro atoms. The predicted octanol–water partition coefficient (Wildman–Crippen LogP) is 2.01. The number of aryl methyl sites for hydroxylation is 1. The van der Waals surface area contributed by atoms with Crippen LogP contribution in [0.1, 0.15) is 33.6 Å². The van der Waals surface area contributed by atoms with Crippen molar-refractivity contribution in [2.75, 3.05) is 6.54 Å². The molecule has 0 saturated carbocycles. The Bertz CT molecular complexity index is 881. The fourth-order valence-electron chi connectivity index (χ4n) is 2.81. The van der Waals surface area contributed by atoms with Crippen LogP contribution in [0.25, 0.3) is 11.6 Å². The maximum atomic E-state index is 12.3. The molecule has 3 aromatic rings. The lowest BCUT2D eigenvalue weighted by molar-refractivity contribution is 0.0651. The summed E-state index contributed by atoms with van der Waals surface area (Å²) in [5.74, 6) is 0.557. The van der Waals surface area contributed by atoms with Gasteiger partial charge in [-0.2, -0.15) is 4.80 Å². The van der Waals surface area contributed by atoms with Gasteiger partial charge in [-0.3, -0.25) is 14.5 Å². The number of carbonyl (C=O) groups excluding carboxylic acids is 2. The SMILES string of the molecule is O=C1c2ccccc2C(=O)N1CCCCn1nnc(-c2ccco2)n1. The van der Waals surface area contributed by atoms with Gasteiger partial charge in [0.1, 0.15) is 0 Å². The Morgan fingerprint density at radius 1 is 0.920 bits per heavy atom. The second kappa shape index (κ2) is 6.31. The third-order valence-electron chi connectivity index (χ3n) is 4.06. The summed E-state index contributed by atoms with van der Waals surface area (Å²) in [6.07, 6.45) is 2.95. The number of fused-ring (bicyclic) bond motifs is 1. The van der Waals surface area contributed by atoms with Gasteiger partial charge in [-0.1, -0.05) is 12.1 Å². The standard InChI is InChI=1S/C17H15N5O3/c23-16-12-6-1-2-7-13(12)17(24)21(16)9-3-4-10-22-19-15(18-20-22)14-8-5-11-25-14/h1-2,5-8,11H,3-4,9-10H2. The number of furan rings is 1. The van der Waals surface area contributed by atoms with Crippen LogP contribution in [0.4, 0.5) is 0 Å². The number of benzene rings is 1. The Kier molecular flexibility index (Phi) is 3.85. The molecule has 126 valence electrons. The number of aromatic nitrogens is 4. The van der Waals surface area contributed by atoms with Crippen LogP contribution in [0.5, 0.6) is 0 Å². The number of carbonyl (C=O) groups is 2. The fraction of sp³-hybridized carbons (Fsp3) is 0.235. The van der Waals surface area contributed by atoms with E-state index in [1.54, 1.807) is 42.7 Å². The molecular formula is C17H15N5O3. The van der Waals surface area contributed by atoms with E-state index >= 15 is 0 Å². The lowest BCUT2D eigenvalue weighted by Gasteiger charge is -2.13. The maximum Gasteiger partial charge on any atom is 0.261 e. The van der Waals surface area contributed by atoms with Crippen LogP contribution in [0.15, 0.2) is 47.1 Å². The van der Waals surface area contributed by atoms with Gasteiger partial charge < -0.3 is 4.42 Å².